The molecule has 2 atom stereocenters. The van der Waals surface area contributed by atoms with Gasteiger partial charge in [-0.3, -0.25) is 0 Å². The van der Waals surface area contributed by atoms with Crippen LogP contribution in [0, 0.1) is 0 Å². The number of nitrogens with two attached hydrogens (primary N) is 1. The van der Waals surface area contributed by atoms with Gasteiger partial charge >= 0.3 is 0 Å². The lowest BCUT2D eigenvalue weighted by Crippen LogP contribution is -2.31. The van der Waals surface area contributed by atoms with Gasteiger partial charge in [0, 0.05) is 11.3 Å². The van der Waals surface area contributed by atoms with Crippen molar-refractivity contribution in [2.24, 2.45) is 5.73 Å². The van der Waals surface area contributed by atoms with Crippen molar-refractivity contribution in [2.75, 3.05) is 0 Å². The molecular formula is C9H17N3S2. The van der Waals surface area contributed by atoms with Crippen LogP contribution in [0.4, 0.5) is 0 Å². The van der Waals surface area contributed by atoms with Gasteiger partial charge < -0.3 is 5.73 Å². The zero-order valence-electron chi connectivity index (χ0n) is 8.64. The summed E-state index contributed by atoms with van der Waals surface area (Å²) in [5, 5.41) is 0.475. The van der Waals surface area contributed by atoms with Gasteiger partial charge in [-0.05, 0) is 24.4 Å². The molecule has 80 valence electrons. The molecule has 0 aromatic carbocycles. The Morgan fingerprint density at radius 2 is 2.36 bits per heavy atom. The maximum absolute atomic E-state index is 6.09. The largest absolute Gasteiger partial charge is 0.327 e. The minimum Gasteiger partial charge on any atom is -0.327 e. The maximum Gasteiger partial charge on any atom is 0.170 e. The summed E-state index contributed by atoms with van der Waals surface area (Å²) >= 11 is 3.21. The molecule has 0 radical (unpaired) electrons. The molecule has 5 heteroatoms. The molecule has 3 nitrogen and oxygen atoms in total. The van der Waals surface area contributed by atoms with Crippen LogP contribution in [0.2, 0.25) is 0 Å². The second-order valence-electron chi connectivity index (χ2n) is 3.22. The first kappa shape index (κ1) is 11.9. The Hall–Kier alpha value is -0.130. The Morgan fingerprint density at radius 1 is 1.57 bits per heavy atom. The van der Waals surface area contributed by atoms with Gasteiger partial charge in [-0.1, -0.05) is 32.0 Å². The molecule has 2 unspecified atom stereocenters. The highest BCUT2D eigenvalue weighted by Crippen LogP contribution is 2.28. The Morgan fingerprint density at radius 3 is 2.86 bits per heavy atom. The molecule has 1 aromatic rings. The van der Waals surface area contributed by atoms with Gasteiger partial charge in [-0.2, -0.15) is 4.37 Å². The first-order valence-corrected chi connectivity index (χ1v) is 6.62. The van der Waals surface area contributed by atoms with Gasteiger partial charge in [0.2, 0.25) is 0 Å². The van der Waals surface area contributed by atoms with E-state index in [1.54, 1.807) is 18.1 Å². The van der Waals surface area contributed by atoms with Crippen LogP contribution in [-0.4, -0.2) is 20.6 Å². The average Bonchev–Trinajstić information content (AvgIpc) is 2.66. The zero-order chi connectivity index (χ0) is 10.4. The Labute approximate surface area is 93.7 Å². The summed E-state index contributed by atoms with van der Waals surface area (Å²) in [6, 6.07) is 0.277. The summed E-state index contributed by atoms with van der Waals surface area (Å²) in [5.74, 6) is 0. The van der Waals surface area contributed by atoms with Crippen molar-refractivity contribution in [2.45, 2.75) is 48.7 Å². The number of rotatable bonds is 6. The van der Waals surface area contributed by atoms with Gasteiger partial charge in [0.05, 0.1) is 0 Å². The van der Waals surface area contributed by atoms with Gasteiger partial charge in [0.15, 0.2) is 4.34 Å². The second-order valence-corrected chi connectivity index (χ2v) is 5.49. The van der Waals surface area contributed by atoms with E-state index < -0.39 is 0 Å². The quantitative estimate of drug-likeness (QED) is 0.764. The molecule has 0 saturated carbocycles. The molecular weight excluding hydrogens is 214 g/mol. The molecule has 0 spiro atoms. The van der Waals surface area contributed by atoms with Gasteiger partial charge in [0.1, 0.15) is 6.33 Å². The van der Waals surface area contributed by atoms with Crippen LogP contribution in [-0.2, 0) is 0 Å². The number of thioether (sulfide) groups is 1. The first-order valence-electron chi connectivity index (χ1n) is 4.96. The van der Waals surface area contributed by atoms with Crippen LogP contribution in [0.3, 0.4) is 0 Å². The fraction of sp³-hybridized carbons (Fsp3) is 0.778. The third-order valence-electron chi connectivity index (χ3n) is 2.10. The highest BCUT2D eigenvalue weighted by molar-refractivity contribution is 8.01. The molecule has 0 saturated heterocycles. The lowest BCUT2D eigenvalue weighted by atomic mass is 10.1. The Bertz CT molecular complexity index is 238. The van der Waals surface area contributed by atoms with Crippen LogP contribution in [0.25, 0.3) is 0 Å². The summed E-state index contributed by atoms with van der Waals surface area (Å²) in [6.45, 7) is 4.34. The van der Waals surface area contributed by atoms with Crippen LogP contribution >= 0.6 is 23.3 Å². The van der Waals surface area contributed by atoms with Crippen LogP contribution in [0.5, 0.6) is 0 Å². The van der Waals surface area contributed by atoms with Crippen LogP contribution in [0.1, 0.15) is 33.1 Å². The van der Waals surface area contributed by atoms with Crippen molar-refractivity contribution in [3.8, 4) is 0 Å². The van der Waals surface area contributed by atoms with E-state index in [1.807, 2.05) is 0 Å². The average molecular weight is 231 g/mol. The lowest BCUT2D eigenvalue weighted by Gasteiger charge is -2.20. The summed E-state index contributed by atoms with van der Waals surface area (Å²) in [6.07, 6.45) is 4.93. The predicted molar refractivity (Wildman–Crippen MR) is 62.7 cm³/mol. The lowest BCUT2D eigenvalue weighted by molar-refractivity contribution is 0.566. The molecule has 0 aliphatic carbocycles. The Balaban J connectivity index is 2.46. The van der Waals surface area contributed by atoms with E-state index >= 15 is 0 Å². The molecule has 1 heterocycles. The minimum atomic E-state index is 0.277. The van der Waals surface area contributed by atoms with E-state index in [0.29, 0.717) is 5.25 Å². The van der Waals surface area contributed by atoms with E-state index in [-0.39, 0.29) is 6.04 Å². The van der Waals surface area contributed by atoms with E-state index in [1.165, 1.54) is 11.5 Å². The van der Waals surface area contributed by atoms with E-state index in [2.05, 4.69) is 23.2 Å². The molecule has 0 fully saturated rings. The third-order valence-corrected chi connectivity index (χ3v) is 4.36. The molecule has 14 heavy (non-hydrogen) atoms. The summed E-state index contributed by atoms with van der Waals surface area (Å²) in [4.78, 5) is 4.16. The topological polar surface area (TPSA) is 51.8 Å². The fourth-order valence-electron chi connectivity index (χ4n) is 1.34. The number of hydrogen-bond donors (Lipinski definition) is 1. The maximum atomic E-state index is 6.09. The molecule has 0 bridgehead atoms. The summed E-state index contributed by atoms with van der Waals surface area (Å²) in [7, 11) is 0. The van der Waals surface area contributed by atoms with E-state index in [9.17, 15) is 0 Å². The molecule has 1 aromatic heterocycles. The van der Waals surface area contributed by atoms with Crippen LogP contribution in [0.15, 0.2) is 10.7 Å². The minimum absolute atomic E-state index is 0.277. The zero-order valence-corrected chi connectivity index (χ0v) is 10.3. The molecule has 0 aliphatic heterocycles. The van der Waals surface area contributed by atoms with Crippen molar-refractivity contribution in [3.05, 3.63) is 6.33 Å². The normalized spacial score (nSPS) is 15.4. The van der Waals surface area contributed by atoms with Crippen molar-refractivity contribution in [3.63, 3.8) is 0 Å². The fourth-order valence-corrected chi connectivity index (χ4v) is 3.13. The first-order chi connectivity index (χ1) is 6.77. The highest BCUT2D eigenvalue weighted by Gasteiger charge is 2.17. The molecule has 1 rings (SSSR count). The van der Waals surface area contributed by atoms with Crippen molar-refractivity contribution >= 4 is 23.3 Å². The van der Waals surface area contributed by atoms with Crippen molar-refractivity contribution < 1.29 is 0 Å². The van der Waals surface area contributed by atoms with E-state index in [4.69, 9.17) is 5.73 Å². The van der Waals surface area contributed by atoms with Gasteiger partial charge in [0.25, 0.3) is 0 Å². The highest BCUT2D eigenvalue weighted by atomic mass is 32.2. The number of hydrogen-bond acceptors (Lipinski definition) is 5. The van der Waals surface area contributed by atoms with E-state index in [0.717, 1.165) is 23.6 Å². The smallest absolute Gasteiger partial charge is 0.170 e. The van der Waals surface area contributed by atoms with Crippen molar-refractivity contribution in [1.29, 1.82) is 0 Å². The second kappa shape index (κ2) is 6.37. The number of nitrogens with zero attached hydrogens (tertiary/aromatic N) is 2. The SMILES string of the molecule is CCCC(N)C(CC)Sc1ncns1. The number of aromatic nitrogens is 2. The third kappa shape index (κ3) is 3.55. The summed E-state index contributed by atoms with van der Waals surface area (Å²) in [5.41, 5.74) is 6.09. The summed E-state index contributed by atoms with van der Waals surface area (Å²) < 4.78 is 5.01. The molecule has 0 amide bonds. The monoisotopic (exact) mass is 231 g/mol. The van der Waals surface area contributed by atoms with Gasteiger partial charge in [-0.25, -0.2) is 4.98 Å². The van der Waals surface area contributed by atoms with Crippen LogP contribution < -0.4 is 5.73 Å². The van der Waals surface area contributed by atoms with Gasteiger partial charge in [-0.15, -0.1) is 0 Å². The Kier molecular flexibility index (Phi) is 5.44. The molecule has 0 aliphatic rings. The standard InChI is InChI=1S/C9H17N3S2/c1-3-5-7(10)8(4-2)13-9-11-6-12-14-9/h6-8H,3-5,10H2,1-2H3. The predicted octanol–water partition coefficient (Wildman–Crippen LogP) is 2.54. The molecule has 2 N–H and O–H groups in total. The van der Waals surface area contributed by atoms with Crippen molar-refractivity contribution in [1.82, 2.24) is 9.36 Å².